The van der Waals surface area contributed by atoms with Gasteiger partial charge in [-0.1, -0.05) is 23.7 Å². The van der Waals surface area contributed by atoms with Crippen LogP contribution in [0.3, 0.4) is 0 Å². The molecule has 11 heteroatoms. The standard InChI is InChI=1S/C23H17ClN6O3S/c1-33-20-5-3-2-4-16(20)14-25-28-22-26-21(15-6-10-19(11-7-15)30(31)32)27-23(34)29(22)18-12-8-17(24)9-13-18/h2-14H,1H3,(H,26,27,28,34)/b25-14+. The monoisotopic (exact) mass is 492 g/mol. The highest BCUT2D eigenvalue weighted by molar-refractivity contribution is 7.71. The maximum Gasteiger partial charge on any atom is 0.269 e. The molecule has 4 aromatic rings. The summed E-state index contributed by atoms with van der Waals surface area (Å²) in [5, 5.41) is 15.9. The largest absolute Gasteiger partial charge is 0.496 e. The van der Waals surface area contributed by atoms with Gasteiger partial charge in [-0.15, -0.1) is 0 Å². The smallest absolute Gasteiger partial charge is 0.269 e. The Labute approximate surface area is 204 Å². The van der Waals surface area contributed by atoms with Crippen molar-refractivity contribution in [1.29, 1.82) is 0 Å². The van der Waals surface area contributed by atoms with Crippen molar-refractivity contribution in [2.75, 3.05) is 12.5 Å². The highest BCUT2D eigenvalue weighted by Gasteiger charge is 2.13. The van der Waals surface area contributed by atoms with Crippen molar-refractivity contribution in [3.8, 4) is 22.8 Å². The summed E-state index contributed by atoms with van der Waals surface area (Å²) in [6.45, 7) is 0. The number of halogens is 1. The lowest BCUT2D eigenvalue weighted by atomic mass is 10.2. The van der Waals surface area contributed by atoms with Gasteiger partial charge in [0.25, 0.3) is 5.69 Å². The molecule has 0 amide bonds. The predicted octanol–water partition coefficient (Wildman–Crippen LogP) is 5.68. The summed E-state index contributed by atoms with van der Waals surface area (Å²) in [6, 6.07) is 20.3. The molecule has 1 heterocycles. The number of nitrogens with one attached hydrogen (secondary N) is 1. The van der Waals surface area contributed by atoms with E-state index in [0.29, 0.717) is 33.8 Å². The maximum absolute atomic E-state index is 11.0. The van der Waals surface area contributed by atoms with Crippen LogP contribution in [0, 0.1) is 14.9 Å². The Morgan fingerprint density at radius 1 is 1.09 bits per heavy atom. The van der Waals surface area contributed by atoms with Crippen LogP contribution in [0.15, 0.2) is 77.9 Å². The van der Waals surface area contributed by atoms with E-state index in [1.807, 2.05) is 24.3 Å². The number of hydrazone groups is 1. The van der Waals surface area contributed by atoms with Gasteiger partial charge in [0.05, 0.1) is 23.9 Å². The molecule has 170 valence electrons. The van der Waals surface area contributed by atoms with E-state index in [-0.39, 0.29) is 10.5 Å². The first-order valence-electron chi connectivity index (χ1n) is 9.90. The molecule has 1 N–H and O–H groups in total. The second-order valence-corrected chi connectivity index (χ2v) is 7.68. The van der Waals surface area contributed by atoms with E-state index in [4.69, 9.17) is 28.6 Å². The lowest BCUT2D eigenvalue weighted by Gasteiger charge is -2.13. The van der Waals surface area contributed by atoms with Gasteiger partial charge in [-0.25, -0.2) is 5.43 Å². The van der Waals surface area contributed by atoms with Crippen LogP contribution >= 0.6 is 23.8 Å². The van der Waals surface area contributed by atoms with E-state index in [9.17, 15) is 10.1 Å². The van der Waals surface area contributed by atoms with Crippen LogP contribution in [-0.2, 0) is 0 Å². The number of methoxy groups -OCH3 is 1. The van der Waals surface area contributed by atoms with Gasteiger partial charge in [-0.3, -0.25) is 14.7 Å². The molecule has 0 spiro atoms. The summed E-state index contributed by atoms with van der Waals surface area (Å²) in [5.41, 5.74) is 4.90. The molecule has 0 aliphatic carbocycles. The first-order valence-corrected chi connectivity index (χ1v) is 10.7. The molecule has 0 atom stereocenters. The Kier molecular flexibility index (Phi) is 6.90. The van der Waals surface area contributed by atoms with E-state index >= 15 is 0 Å². The Morgan fingerprint density at radius 3 is 2.47 bits per heavy atom. The number of ether oxygens (including phenoxy) is 1. The zero-order valence-corrected chi connectivity index (χ0v) is 19.3. The van der Waals surface area contributed by atoms with Crippen LogP contribution in [0.5, 0.6) is 5.75 Å². The van der Waals surface area contributed by atoms with E-state index in [2.05, 4.69) is 20.5 Å². The quantitative estimate of drug-likeness (QED) is 0.153. The van der Waals surface area contributed by atoms with Crippen molar-refractivity contribution in [1.82, 2.24) is 14.5 Å². The number of hydrogen-bond acceptors (Lipinski definition) is 8. The summed E-state index contributed by atoms with van der Waals surface area (Å²) in [6.07, 6.45) is 1.60. The van der Waals surface area contributed by atoms with Crippen molar-refractivity contribution in [3.63, 3.8) is 0 Å². The number of non-ortho nitro benzene ring substituents is 1. The molecular formula is C23H17ClN6O3S. The first-order chi connectivity index (χ1) is 16.5. The van der Waals surface area contributed by atoms with Crippen LogP contribution in [0.1, 0.15) is 5.56 Å². The van der Waals surface area contributed by atoms with Crippen LogP contribution in [-0.4, -0.2) is 32.8 Å². The van der Waals surface area contributed by atoms with Gasteiger partial charge >= 0.3 is 0 Å². The molecule has 0 radical (unpaired) electrons. The average molecular weight is 493 g/mol. The van der Waals surface area contributed by atoms with E-state index in [0.717, 1.165) is 5.56 Å². The minimum absolute atomic E-state index is 0.0331. The summed E-state index contributed by atoms with van der Waals surface area (Å²) in [4.78, 5) is 19.5. The van der Waals surface area contributed by atoms with Gasteiger partial charge in [0, 0.05) is 28.3 Å². The summed E-state index contributed by atoms with van der Waals surface area (Å²) in [5.74, 6) is 1.25. The molecule has 34 heavy (non-hydrogen) atoms. The van der Waals surface area contributed by atoms with Crippen molar-refractivity contribution in [2.45, 2.75) is 0 Å². The van der Waals surface area contributed by atoms with Crippen molar-refractivity contribution < 1.29 is 9.66 Å². The maximum atomic E-state index is 11.0. The zero-order chi connectivity index (χ0) is 24.1. The molecule has 4 rings (SSSR count). The van der Waals surface area contributed by atoms with E-state index in [1.54, 1.807) is 54.3 Å². The Balaban J connectivity index is 1.77. The second kappa shape index (κ2) is 10.2. The molecule has 0 saturated heterocycles. The minimum Gasteiger partial charge on any atom is -0.496 e. The van der Waals surface area contributed by atoms with Crippen LogP contribution in [0.25, 0.3) is 17.1 Å². The highest BCUT2D eigenvalue weighted by Crippen LogP contribution is 2.24. The number of rotatable bonds is 7. The third-order valence-corrected chi connectivity index (χ3v) is 5.27. The predicted molar refractivity (Wildman–Crippen MR) is 134 cm³/mol. The average Bonchev–Trinajstić information content (AvgIpc) is 2.85. The molecular weight excluding hydrogens is 476 g/mol. The zero-order valence-electron chi connectivity index (χ0n) is 17.8. The number of nitro groups is 1. The Hall–Kier alpha value is -4.15. The van der Waals surface area contributed by atoms with E-state index in [1.165, 1.54) is 12.1 Å². The van der Waals surface area contributed by atoms with Crippen molar-refractivity contribution in [3.05, 3.63) is 98.3 Å². The summed E-state index contributed by atoms with van der Waals surface area (Å²) in [7, 11) is 1.58. The number of aromatic nitrogens is 3. The van der Waals surface area contributed by atoms with Crippen LogP contribution in [0.2, 0.25) is 5.02 Å². The summed E-state index contributed by atoms with van der Waals surface area (Å²) >= 11 is 11.6. The number of anilines is 1. The van der Waals surface area contributed by atoms with Gasteiger partial charge in [-0.2, -0.15) is 15.1 Å². The number of nitro benzene ring substituents is 1. The molecule has 0 fully saturated rings. The number of para-hydroxylation sites is 1. The summed E-state index contributed by atoms with van der Waals surface area (Å²) < 4.78 is 7.17. The van der Waals surface area contributed by atoms with Crippen LogP contribution in [0.4, 0.5) is 11.6 Å². The fourth-order valence-electron chi connectivity index (χ4n) is 3.10. The van der Waals surface area contributed by atoms with Gasteiger partial charge in [0.2, 0.25) is 10.7 Å². The van der Waals surface area contributed by atoms with Gasteiger partial charge in [0.15, 0.2) is 5.82 Å². The Bertz CT molecular complexity index is 1420. The highest BCUT2D eigenvalue weighted by atomic mass is 35.5. The third-order valence-electron chi connectivity index (χ3n) is 4.74. The molecule has 0 bridgehead atoms. The lowest BCUT2D eigenvalue weighted by Crippen LogP contribution is -2.10. The molecule has 0 aliphatic rings. The minimum atomic E-state index is -0.470. The molecule has 0 saturated carbocycles. The number of benzene rings is 3. The number of hydrogen-bond donors (Lipinski definition) is 1. The van der Waals surface area contributed by atoms with Gasteiger partial charge in [0.1, 0.15) is 5.75 Å². The molecule has 1 aromatic heterocycles. The van der Waals surface area contributed by atoms with E-state index < -0.39 is 4.92 Å². The molecule has 3 aromatic carbocycles. The van der Waals surface area contributed by atoms with Crippen molar-refractivity contribution in [2.24, 2.45) is 5.10 Å². The molecule has 0 aliphatic heterocycles. The fraction of sp³-hybridized carbons (Fsp3) is 0.0435. The fourth-order valence-corrected chi connectivity index (χ4v) is 3.50. The van der Waals surface area contributed by atoms with Gasteiger partial charge in [-0.05, 0) is 60.7 Å². The Morgan fingerprint density at radius 2 is 1.79 bits per heavy atom. The topological polar surface area (TPSA) is 107 Å². The normalized spacial score (nSPS) is 10.9. The third kappa shape index (κ3) is 5.08. The first kappa shape index (κ1) is 23.0. The number of nitrogens with zero attached hydrogens (tertiary/aromatic N) is 5. The van der Waals surface area contributed by atoms with Gasteiger partial charge < -0.3 is 4.74 Å². The van der Waals surface area contributed by atoms with Crippen LogP contribution < -0.4 is 10.2 Å². The SMILES string of the molecule is COc1ccccc1/C=N/Nc1nc(-c2ccc([N+](=O)[O-])cc2)nc(=S)n1-c1ccc(Cl)cc1. The molecule has 0 unspecified atom stereocenters. The molecule has 9 nitrogen and oxygen atoms in total. The van der Waals surface area contributed by atoms with Crippen molar-refractivity contribution >= 4 is 41.7 Å². The lowest BCUT2D eigenvalue weighted by molar-refractivity contribution is -0.384. The second-order valence-electron chi connectivity index (χ2n) is 6.88.